The second-order valence-electron chi connectivity index (χ2n) is 6.20. The first kappa shape index (κ1) is 18.5. The highest BCUT2D eigenvalue weighted by atomic mass is 16.5. The van der Waals surface area contributed by atoms with Gasteiger partial charge >= 0.3 is 0 Å². The zero-order valence-electron chi connectivity index (χ0n) is 16.0. The highest BCUT2D eigenvalue weighted by Crippen LogP contribution is 2.30. The Kier molecular flexibility index (Phi) is 5.44. The fourth-order valence-electron chi connectivity index (χ4n) is 2.79. The normalized spacial score (nSPS) is 10.7. The number of ether oxygens (including phenoxy) is 1. The van der Waals surface area contributed by atoms with Gasteiger partial charge < -0.3 is 20.7 Å². The van der Waals surface area contributed by atoms with Crippen molar-refractivity contribution in [2.75, 3.05) is 30.1 Å². The fourth-order valence-corrected chi connectivity index (χ4v) is 2.79. The number of methoxy groups -OCH3 is 1. The SMILES string of the molecule is CCCC(=O)Nc1cnn2c(NC)cc(Nc3cc(C)ccc3OC)nc12. The fraction of sp³-hybridized carbons (Fsp3) is 0.316. The number of fused-ring (bicyclic) bond motifs is 1. The van der Waals surface area contributed by atoms with Crippen molar-refractivity contribution >= 4 is 34.6 Å². The number of aryl methyl sites for hydroxylation is 1. The van der Waals surface area contributed by atoms with Crippen LogP contribution in [0.3, 0.4) is 0 Å². The molecule has 0 spiro atoms. The van der Waals surface area contributed by atoms with Gasteiger partial charge in [0.25, 0.3) is 0 Å². The molecule has 0 radical (unpaired) electrons. The van der Waals surface area contributed by atoms with E-state index in [9.17, 15) is 4.79 Å². The van der Waals surface area contributed by atoms with E-state index in [1.807, 2.05) is 45.2 Å². The summed E-state index contributed by atoms with van der Waals surface area (Å²) in [5.74, 6) is 2.02. The molecule has 0 bridgehead atoms. The molecule has 0 unspecified atom stereocenters. The topological polar surface area (TPSA) is 92.6 Å². The number of nitrogens with one attached hydrogen (secondary N) is 3. The van der Waals surface area contributed by atoms with E-state index in [0.29, 0.717) is 23.6 Å². The Morgan fingerprint density at radius 1 is 1.26 bits per heavy atom. The zero-order valence-corrected chi connectivity index (χ0v) is 16.0. The molecule has 2 aromatic heterocycles. The van der Waals surface area contributed by atoms with Crippen LogP contribution in [0.5, 0.6) is 5.75 Å². The van der Waals surface area contributed by atoms with Crippen LogP contribution >= 0.6 is 0 Å². The van der Waals surface area contributed by atoms with Gasteiger partial charge in [0, 0.05) is 19.5 Å². The van der Waals surface area contributed by atoms with Crippen LogP contribution < -0.4 is 20.7 Å². The lowest BCUT2D eigenvalue weighted by atomic mass is 10.2. The van der Waals surface area contributed by atoms with E-state index in [4.69, 9.17) is 4.74 Å². The molecule has 8 heteroatoms. The highest BCUT2D eigenvalue weighted by Gasteiger charge is 2.14. The van der Waals surface area contributed by atoms with Gasteiger partial charge in [-0.25, -0.2) is 4.98 Å². The molecule has 0 aliphatic heterocycles. The van der Waals surface area contributed by atoms with Crippen LogP contribution in [0.1, 0.15) is 25.3 Å². The molecule has 0 atom stereocenters. The van der Waals surface area contributed by atoms with Gasteiger partial charge in [-0.2, -0.15) is 9.61 Å². The van der Waals surface area contributed by atoms with Crippen LogP contribution in [0, 0.1) is 6.92 Å². The van der Waals surface area contributed by atoms with Crippen molar-refractivity contribution in [2.45, 2.75) is 26.7 Å². The van der Waals surface area contributed by atoms with Gasteiger partial charge in [0.1, 0.15) is 23.1 Å². The van der Waals surface area contributed by atoms with E-state index in [1.165, 1.54) is 0 Å². The van der Waals surface area contributed by atoms with Crippen LogP contribution in [-0.4, -0.2) is 34.7 Å². The second-order valence-corrected chi connectivity index (χ2v) is 6.20. The maximum absolute atomic E-state index is 12.0. The number of rotatable bonds is 7. The van der Waals surface area contributed by atoms with Gasteiger partial charge in [-0.1, -0.05) is 13.0 Å². The first-order valence-electron chi connectivity index (χ1n) is 8.83. The van der Waals surface area contributed by atoms with Gasteiger partial charge in [-0.05, 0) is 31.0 Å². The third-order valence-electron chi connectivity index (χ3n) is 4.10. The Morgan fingerprint density at radius 2 is 2.07 bits per heavy atom. The van der Waals surface area contributed by atoms with Gasteiger partial charge in [0.15, 0.2) is 5.65 Å². The number of carbonyl (C=O) groups is 1. The minimum absolute atomic E-state index is 0.0566. The molecule has 0 aliphatic carbocycles. The number of nitrogens with zero attached hydrogens (tertiary/aromatic N) is 3. The molecule has 0 saturated carbocycles. The van der Waals surface area contributed by atoms with Crippen molar-refractivity contribution in [3.8, 4) is 5.75 Å². The number of benzene rings is 1. The predicted molar refractivity (Wildman–Crippen MR) is 107 cm³/mol. The lowest BCUT2D eigenvalue weighted by molar-refractivity contribution is -0.116. The molecular formula is C19H24N6O2. The third-order valence-corrected chi connectivity index (χ3v) is 4.10. The standard InChI is InChI=1S/C19H24N6O2/c1-5-6-18(26)23-14-11-21-25-17(20-3)10-16(24-19(14)25)22-13-9-12(2)7-8-15(13)27-4/h7-11,20H,5-6H2,1-4H3,(H,22,24)(H,23,26). The van der Waals surface area contributed by atoms with Gasteiger partial charge in [0.2, 0.25) is 5.91 Å². The molecule has 1 aromatic carbocycles. The summed E-state index contributed by atoms with van der Waals surface area (Å²) in [6, 6.07) is 7.73. The molecule has 3 aromatic rings. The molecule has 27 heavy (non-hydrogen) atoms. The lowest BCUT2D eigenvalue weighted by Crippen LogP contribution is -2.11. The largest absolute Gasteiger partial charge is 0.495 e. The molecule has 1 amide bonds. The van der Waals surface area contributed by atoms with Gasteiger partial charge in [-0.15, -0.1) is 0 Å². The minimum atomic E-state index is -0.0566. The molecule has 3 rings (SSSR count). The summed E-state index contributed by atoms with van der Waals surface area (Å²) in [5.41, 5.74) is 3.04. The Morgan fingerprint density at radius 3 is 2.78 bits per heavy atom. The smallest absolute Gasteiger partial charge is 0.224 e. The van der Waals surface area contributed by atoms with Gasteiger partial charge in [-0.3, -0.25) is 4.79 Å². The summed E-state index contributed by atoms with van der Waals surface area (Å²) in [7, 11) is 3.44. The van der Waals surface area contributed by atoms with Crippen LogP contribution in [0.2, 0.25) is 0 Å². The van der Waals surface area contributed by atoms with Crippen molar-refractivity contribution in [3.63, 3.8) is 0 Å². The van der Waals surface area contributed by atoms with Crippen molar-refractivity contribution in [3.05, 3.63) is 36.0 Å². The molecule has 8 nitrogen and oxygen atoms in total. The molecule has 0 saturated heterocycles. The minimum Gasteiger partial charge on any atom is -0.495 e. The summed E-state index contributed by atoms with van der Waals surface area (Å²) in [6.45, 7) is 3.98. The Labute approximate surface area is 157 Å². The summed E-state index contributed by atoms with van der Waals surface area (Å²) in [4.78, 5) is 16.6. The van der Waals surface area contributed by atoms with E-state index in [2.05, 4.69) is 26.0 Å². The number of hydrogen-bond acceptors (Lipinski definition) is 6. The molecule has 3 N–H and O–H groups in total. The van der Waals surface area contributed by atoms with E-state index in [-0.39, 0.29) is 5.91 Å². The molecule has 2 heterocycles. The van der Waals surface area contributed by atoms with E-state index >= 15 is 0 Å². The molecule has 0 aliphatic rings. The summed E-state index contributed by atoms with van der Waals surface area (Å²) >= 11 is 0. The van der Waals surface area contributed by atoms with Gasteiger partial charge in [0.05, 0.1) is 19.0 Å². The maximum atomic E-state index is 12.0. The molecule has 142 valence electrons. The van der Waals surface area contributed by atoms with Crippen molar-refractivity contribution in [1.82, 2.24) is 14.6 Å². The van der Waals surface area contributed by atoms with E-state index in [1.54, 1.807) is 17.8 Å². The number of aromatic nitrogens is 3. The van der Waals surface area contributed by atoms with Crippen molar-refractivity contribution in [1.29, 1.82) is 0 Å². The quantitative estimate of drug-likeness (QED) is 0.590. The van der Waals surface area contributed by atoms with Crippen LogP contribution in [-0.2, 0) is 4.79 Å². The number of hydrogen-bond donors (Lipinski definition) is 3. The maximum Gasteiger partial charge on any atom is 0.224 e. The Bertz CT molecular complexity index is 966. The van der Waals surface area contributed by atoms with Crippen LogP contribution in [0.15, 0.2) is 30.5 Å². The number of amides is 1. The highest BCUT2D eigenvalue weighted by molar-refractivity contribution is 5.94. The second kappa shape index (κ2) is 7.94. The van der Waals surface area contributed by atoms with E-state index < -0.39 is 0 Å². The third kappa shape index (κ3) is 3.94. The Balaban J connectivity index is 2.01. The Hall–Kier alpha value is -3.29. The number of anilines is 4. The number of carbonyl (C=O) groups excluding carboxylic acids is 1. The zero-order chi connectivity index (χ0) is 19.4. The monoisotopic (exact) mass is 368 g/mol. The summed E-state index contributed by atoms with van der Waals surface area (Å²) < 4.78 is 7.08. The van der Waals surface area contributed by atoms with E-state index in [0.717, 1.165) is 29.2 Å². The molecule has 0 fully saturated rings. The predicted octanol–water partition coefficient (Wildman–Crippen LogP) is 3.57. The summed E-state index contributed by atoms with van der Waals surface area (Å²) in [5, 5.41) is 13.6. The average molecular weight is 368 g/mol. The van der Waals surface area contributed by atoms with Crippen molar-refractivity contribution < 1.29 is 9.53 Å². The van der Waals surface area contributed by atoms with Crippen molar-refractivity contribution in [2.24, 2.45) is 0 Å². The molecular weight excluding hydrogens is 344 g/mol. The lowest BCUT2D eigenvalue weighted by Gasteiger charge is -2.13. The first-order valence-corrected chi connectivity index (χ1v) is 8.83. The average Bonchev–Trinajstić information content (AvgIpc) is 3.04. The first-order chi connectivity index (χ1) is 13.0. The summed E-state index contributed by atoms with van der Waals surface area (Å²) in [6.07, 6.45) is 2.84. The van der Waals surface area contributed by atoms with Crippen LogP contribution in [0.25, 0.3) is 5.65 Å². The van der Waals surface area contributed by atoms with Crippen LogP contribution in [0.4, 0.5) is 23.0 Å².